The van der Waals surface area contributed by atoms with Gasteiger partial charge in [-0.3, -0.25) is 9.55 Å². The average Bonchev–Trinajstić information content (AvgIpc) is 3.74. The van der Waals surface area contributed by atoms with E-state index in [1.165, 1.54) is 11.1 Å². The second-order valence-corrected chi connectivity index (χ2v) is 14.6. The molecule has 3 heterocycles. The van der Waals surface area contributed by atoms with Crippen LogP contribution in [-0.4, -0.2) is 19.6 Å². The molecule has 0 atom stereocenters. The Labute approximate surface area is 327 Å². The molecular weight excluding hydrogens is 846 g/mol. The number of hydrogen-bond donors (Lipinski definition) is 1. The quantitative estimate of drug-likeness (QED) is 0.138. The fourth-order valence-electron chi connectivity index (χ4n) is 8.22. The SMILES string of the molecule is CC(C)c1cccc(C(C)C)c1-n1c(-c2cc3c(cc2O)oc2ccccc23)nc2c(-c3nc4c5[c-]cccc5ccc4c4ccccc34)cccc21.[Pt]. The van der Waals surface area contributed by atoms with Crippen molar-refractivity contribution in [2.24, 2.45) is 0 Å². The van der Waals surface area contributed by atoms with Gasteiger partial charge in [0.15, 0.2) is 0 Å². The van der Waals surface area contributed by atoms with Gasteiger partial charge in [0.25, 0.3) is 0 Å². The number of rotatable bonds is 5. The minimum atomic E-state index is 0. The molecule has 54 heavy (non-hydrogen) atoms. The molecule has 0 radical (unpaired) electrons. The summed E-state index contributed by atoms with van der Waals surface area (Å²) in [6, 6.07) is 47.1. The molecule has 0 aliphatic rings. The van der Waals surface area contributed by atoms with E-state index in [2.05, 4.69) is 123 Å². The number of pyridine rings is 1. The number of para-hydroxylation sites is 3. The number of imidazole rings is 1. The Kier molecular flexibility index (Phi) is 8.17. The molecule has 10 aromatic rings. The van der Waals surface area contributed by atoms with Crippen LogP contribution >= 0.6 is 0 Å². The van der Waals surface area contributed by atoms with Gasteiger partial charge < -0.3 is 9.52 Å². The summed E-state index contributed by atoms with van der Waals surface area (Å²) in [5.74, 6) is 1.25. The first kappa shape index (κ1) is 34.0. The summed E-state index contributed by atoms with van der Waals surface area (Å²) in [7, 11) is 0. The number of phenols is 1. The third-order valence-corrected chi connectivity index (χ3v) is 10.7. The molecule has 10 rings (SSSR count). The van der Waals surface area contributed by atoms with E-state index in [9.17, 15) is 5.11 Å². The Morgan fingerprint density at radius 1 is 0.611 bits per heavy atom. The summed E-state index contributed by atoms with van der Waals surface area (Å²) in [5.41, 5.74) is 10.0. The first-order valence-electron chi connectivity index (χ1n) is 18.3. The fraction of sp³-hybridized carbons (Fsp3) is 0.125. The monoisotopic (exact) mass is 881 g/mol. The topological polar surface area (TPSA) is 64.1 Å². The van der Waals surface area contributed by atoms with Crippen LogP contribution in [0, 0.1) is 6.07 Å². The maximum absolute atomic E-state index is 11.9. The molecule has 1 N–H and O–H groups in total. The van der Waals surface area contributed by atoms with Gasteiger partial charge in [-0.1, -0.05) is 113 Å². The molecule has 0 amide bonds. The molecule has 0 spiro atoms. The third-order valence-electron chi connectivity index (χ3n) is 10.7. The smallest absolute Gasteiger partial charge is 0.149 e. The average molecular weight is 882 g/mol. The molecule has 0 bridgehead atoms. The minimum Gasteiger partial charge on any atom is -0.507 e. The van der Waals surface area contributed by atoms with Crippen LogP contribution in [0.15, 0.2) is 132 Å². The van der Waals surface area contributed by atoms with E-state index < -0.39 is 0 Å². The molecule has 3 aromatic heterocycles. The van der Waals surface area contributed by atoms with Crippen LogP contribution in [0.5, 0.6) is 5.75 Å². The third kappa shape index (κ3) is 5.10. The standard InChI is InChI=1S/C48H36N3O2.Pt/c1-27(2)30-18-11-19-31(28(3)4)47(30)51-40-21-12-20-37(45-35-17-8-7-15-33(35)36-24-23-29-13-5-6-14-32(29)44(36)49-45)46(40)50-48(51)39-25-38-34-16-9-10-22-42(34)53-43(38)26-41(39)52;/h5-13,15-28,52H,1-4H3;/q-1;. The van der Waals surface area contributed by atoms with Crippen LogP contribution in [-0.2, 0) is 21.1 Å². The van der Waals surface area contributed by atoms with Crippen molar-refractivity contribution in [3.05, 3.63) is 145 Å². The number of hydrogen-bond acceptors (Lipinski definition) is 4. The molecule has 5 nitrogen and oxygen atoms in total. The zero-order chi connectivity index (χ0) is 36.0. The summed E-state index contributed by atoms with van der Waals surface area (Å²) in [5, 5.41) is 19.2. The van der Waals surface area contributed by atoms with E-state index in [-0.39, 0.29) is 38.7 Å². The largest absolute Gasteiger partial charge is 0.507 e. The summed E-state index contributed by atoms with van der Waals surface area (Å²) < 4.78 is 8.46. The van der Waals surface area contributed by atoms with E-state index >= 15 is 0 Å². The van der Waals surface area contributed by atoms with Crippen LogP contribution in [0.4, 0.5) is 0 Å². The Morgan fingerprint density at radius 2 is 1.33 bits per heavy atom. The minimum absolute atomic E-state index is 0. The van der Waals surface area contributed by atoms with Crippen LogP contribution in [0.25, 0.3) is 93.8 Å². The van der Waals surface area contributed by atoms with Crippen molar-refractivity contribution in [3.8, 4) is 34.1 Å². The number of aromatic nitrogens is 3. The Morgan fingerprint density at radius 3 is 2.11 bits per heavy atom. The van der Waals surface area contributed by atoms with Gasteiger partial charge in [0.05, 0.1) is 28.0 Å². The van der Waals surface area contributed by atoms with Gasteiger partial charge in [-0.2, -0.15) is 0 Å². The summed E-state index contributed by atoms with van der Waals surface area (Å²) in [6.07, 6.45) is 0. The first-order chi connectivity index (χ1) is 25.9. The summed E-state index contributed by atoms with van der Waals surface area (Å²) >= 11 is 0. The van der Waals surface area contributed by atoms with Crippen molar-refractivity contribution >= 4 is 65.4 Å². The Hall–Kier alpha value is -5.77. The van der Waals surface area contributed by atoms with Crippen molar-refractivity contribution in [1.82, 2.24) is 14.5 Å². The number of furan rings is 1. The van der Waals surface area contributed by atoms with Gasteiger partial charge in [0.1, 0.15) is 22.7 Å². The maximum Gasteiger partial charge on any atom is 0.149 e. The molecule has 0 fully saturated rings. The van der Waals surface area contributed by atoms with E-state index in [1.54, 1.807) is 6.07 Å². The summed E-state index contributed by atoms with van der Waals surface area (Å²) in [6.45, 7) is 8.95. The molecular formula is C48H36N3O2Pt-. The first-order valence-corrected chi connectivity index (χ1v) is 18.3. The fourth-order valence-corrected chi connectivity index (χ4v) is 8.22. The number of benzene rings is 7. The maximum atomic E-state index is 11.9. The molecule has 0 unspecified atom stereocenters. The molecule has 0 aliphatic carbocycles. The predicted octanol–water partition coefficient (Wildman–Crippen LogP) is 12.9. The van der Waals surface area contributed by atoms with Crippen molar-refractivity contribution in [2.45, 2.75) is 39.5 Å². The van der Waals surface area contributed by atoms with Crippen LogP contribution in [0.3, 0.4) is 0 Å². The van der Waals surface area contributed by atoms with E-state index in [1.807, 2.05) is 36.4 Å². The molecule has 0 saturated heterocycles. The Bertz CT molecular complexity index is 3070. The van der Waals surface area contributed by atoms with Crippen molar-refractivity contribution < 1.29 is 30.6 Å². The zero-order valence-electron chi connectivity index (χ0n) is 30.3. The van der Waals surface area contributed by atoms with Gasteiger partial charge in [-0.25, -0.2) is 4.98 Å². The van der Waals surface area contributed by atoms with Gasteiger partial charge in [0, 0.05) is 48.9 Å². The van der Waals surface area contributed by atoms with Gasteiger partial charge in [-0.05, 0) is 57.5 Å². The number of aromatic hydroxyl groups is 1. The van der Waals surface area contributed by atoms with Crippen molar-refractivity contribution in [3.63, 3.8) is 0 Å². The van der Waals surface area contributed by atoms with E-state index in [0.29, 0.717) is 17.0 Å². The second kappa shape index (κ2) is 13.0. The van der Waals surface area contributed by atoms with Crippen molar-refractivity contribution in [2.75, 3.05) is 0 Å². The predicted molar refractivity (Wildman–Crippen MR) is 218 cm³/mol. The van der Waals surface area contributed by atoms with Gasteiger partial charge in [0.2, 0.25) is 0 Å². The number of phenolic OH excluding ortho intramolecular Hbond substituents is 1. The molecule has 266 valence electrons. The second-order valence-electron chi connectivity index (χ2n) is 14.6. The molecule has 6 heteroatoms. The number of fused-ring (bicyclic) bond motifs is 9. The van der Waals surface area contributed by atoms with Gasteiger partial charge in [-0.15, -0.1) is 35.0 Å². The summed E-state index contributed by atoms with van der Waals surface area (Å²) in [4.78, 5) is 11.0. The molecule has 7 aromatic carbocycles. The van der Waals surface area contributed by atoms with E-state index in [0.717, 1.165) is 76.8 Å². The van der Waals surface area contributed by atoms with Crippen LogP contribution < -0.4 is 0 Å². The molecule has 0 saturated carbocycles. The number of nitrogens with zero attached hydrogens (tertiary/aromatic N) is 3. The van der Waals surface area contributed by atoms with Gasteiger partial charge >= 0.3 is 0 Å². The van der Waals surface area contributed by atoms with E-state index in [4.69, 9.17) is 14.4 Å². The zero-order valence-corrected chi connectivity index (χ0v) is 32.6. The van der Waals surface area contributed by atoms with Crippen molar-refractivity contribution in [1.29, 1.82) is 0 Å². The normalized spacial score (nSPS) is 12.0. The Balaban J connectivity index is 0.00000384. The van der Waals surface area contributed by atoms with Crippen LogP contribution in [0.2, 0.25) is 0 Å². The van der Waals surface area contributed by atoms with Crippen LogP contribution in [0.1, 0.15) is 50.7 Å². The molecule has 0 aliphatic heterocycles.